The van der Waals surface area contributed by atoms with Crippen LogP contribution in [0.2, 0.25) is 0 Å². The highest BCUT2D eigenvalue weighted by Gasteiger charge is 2.24. The molecule has 106 valence electrons. The third-order valence-corrected chi connectivity index (χ3v) is 3.97. The third kappa shape index (κ3) is 5.04. The summed E-state index contributed by atoms with van der Waals surface area (Å²) < 4.78 is 27.9. The van der Waals surface area contributed by atoms with Gasteiger partial charge in [-0.25, -0.2) is 9.97 Å². The van der Waals surface area contributed by atoms with E-state index in [1.165, 1.54) is 0 Å². The van der Waals surface area contributed by atoms with E-state index in [-0.39, 0.29) is 12.1 Å². The minimum Gasteiger partial charge on any atom is -0.351 e. The summed E-state index contributed by atoms with van der Waals surface area (Å²) in [6.07, 6.45) is 7.41. The van der Waals surface area contributed by atoms with Crippen LogP contribution in [-0.2, 0) is 14.3 Å². The van der Waals surface area contributed by atoms with Crippen LogP contribution in [0.4, 0.5) is 5.95 Å². The van der Waals surface area contributed by atoms with E-state index in [2.05, 4.69) is 31.2 Å². The minimum atomic E-state index is -3.36. The van der Waals surface area contributed by atoms with Crippen molar-refractivity contribution in [2.75, 3.05) is 11.6 Å². The van der Waals surface area contributed by atoms with Crippen LogP contribution in [0.1, 0.15) is 25.7 Å². The molecular formula is C11H16BrN3O3S. The quantitative estimate of drug-likeness (QED) is 0.836. The smallest absolute Gasteiger partial charge is 0.264 e. The lowest BCUT2D eigenvalue weighted by Crippen LogP contribution is -2.31. The van der Waals surface area contributed by atoms with Crippen LogP contribution in [0, 0.1) is 0 Å². The number of aromatic nitrogens is 2. The maximum atomic E-state index is 11.0. The van der Waals surface area contributed by atoms with Gasteiger partial charge in [-0.3, -0.25) is 4.18 Å². The van der Waals surface area contributed by atoms with Crippen LogP contribution in [0.3, 0.4) is 0 Å². The molecule has 0 bridgehead atoms. The molecule has 2 rings (SSSR count). The zero-order chi connectivity index (χ0) is 13.9. The number of rotatable bonds is 4. The summed E-state index contributed by atoms with van der Waals surface area (Å²) >= 11 is 3.28. The first-order chi connectivity index (χ1) is 8.92. The maximum absolute atomic E-state index is 11.0. The number of hydrogen-bond donors (Lipinski definition) is 1. The van der Waals surface area contributed by atoms with E-state index >= 15 is 0 Å². The van der Waals surface area contributed by atoms with Crippen molar-refractivity contribution in [1.82, 2.24) is 9.97 Å². The fourth-order valence-electron chi connectivity index (χ4n) is 2.12. The Morgan fingerprint density at radius 1 is 1.26 bits per heavy atom. The van der Waals surface area contributed by atoms with Crippen molar-refractivity contribution in [3.63, 3.8) is 0 Å². The molecule has 0 saturated heterocycles. The van der Waals surface area contributed by atoms with E-state index < -0.39 is 10.1 Å². The molecule has 0 radical (unpaired) electrons. The topological polar surface area (TPSA) is 81.2 Å². The molecular weight excluding hydrogens is 334 g/mol. The van der Waals surface area contributed by atoms with Gasteiger partial charge in [-0.05, 0) is 41.6 Å². The molecule has 1 fully saturated rings. The zero-order valence-electron chi connectivity index (χ0n) is 10.5. The standard InChI is InChI=1S/C11H16BrN3O3S/c1-19(16,17)18-10-4-2-9(3-5-10)15-11-13-6-8(12)7-14-11/h6-7,9-10H,2-5H2,1H3,(H,13,14,15). The number of halogens is 1. The van der Waals surface area contributed by atoms with Crippen molar-refractivity contribution in [2.45, 2.75) is 37.8 Å². The number of nitrogens with one attached hydrogen (secondary N) is 1. The zero-order valence-corrected chi connectivity index (χ0v) is 12.9. The van der Waals surface area contributed by atoms with Crippen LogP contribution in [0.5, 0.6) is 0 Å². The maximum Gasteiger partial charge on any atom is 0.264 e. The summed E-state index contributed by atoms with van der Waals surface area (Å²) in [6, 6.07) is 0.264. The lowest BCUT2D eigenvalue weighted by molar-refractivity contribution is 0.158. The summed E-state index contributed by atoms with van der Waals surface area (Å²) in [5, 5.41) is 3.24. The van der Waals surface area contributed by atoms with E-state index in [1.807, 2.05) is 0 Å². The molecule has 1 aliphatic carbocycles. The van der Waals surface area contributed by atoms with Gasteiger partial charge >= 0.3 is 0 Å². The summed E-state index contributed by atoms with van der Waals surface area (Å²) in [7, 11) is -3.36. The Labute approximate surface area is 121 Å². The van der Waals surface area contributed by atoms with Gasteiger partial charge in [-0.1, -0.05) is 0 Å². The van der Waals surface area contributed by atoms with Crippen LogP contribution in [0.25, 0.3) is 0 Å². The van der Waals surface area contributed by atoms with Crippen molar-refractivity contribution in [2.24, 2.45) is 0 Å². The molecule has 0 amide bonds. The number of anilines is 1. The minimum absolute atomic E-state index is 0.195. The summed E-state index contributed by atoms with van der Waals surface area (Å²) in [4.78, 5) is 8.31. The second-order valence-corrected chi connectivity index (χ2v) is 7.16. The van der Waals surface area contributed by atoms with E-state index in [4.69, 9.17) is 4.18 Å². The van der Waals surface area contributed by atoms with Crippen LogP contribution in [-0.4, -0.2) is 36.8 Å². The van der Waals surface area contributed by atoms with Crippen LogP contribution >= 0.6 is 15.9 Å². The molecule has 0 aliphatic heterocycles. The Morgan fingerprint density at radius 2 is 1.84 bits per heavy atom. The normalized spacial score (nSPS) is 24.1. The van der Waals surface area contributed by atoms with E-state index in [0.717, 1.165) is 36.4 Å². The van der Waals surface area contributed by atoms with E-state index in [9.17, 15) is 8.42 Å². The Hall–Kier alpha value is -0.730. The average Bonchev–Trinajstić information content (AvgIpc) is 2.33. The van der Waals surface area contributed by atoms with Crippen LogP contribution < -0.4 is 5.32 Å². The monoisotopic (exact) mass is 349 g/mol. The van der Waals surface area contributed by atoms with Crippen LogP contribution in [0.15, 0.2) is 16.9 Å². The molecule has 1 aromatic heterocycles. The van der Waals surface area contributed by atoms with Gasteiger partial charge in [-0.2, -0.15) is 8.42 Å². The predicted molar refractivity (Wildman–Crippen MR) is 75.3 cm³/mol. The second kappa shape index (κ2) is 6.15. The summed E-state index contributed by atoms with van der Waals surface area (Å²) in [6.45, 7) is 0. The first-order valence-corrected chi connectivity index (χ1v) is 8.66. The molecule has 19 heavy (non-hydrogen) atoms. The van der Waals surface area contributed by atoms with Gasteiger partial charge in [0, 0.05) is 18.4 Å². The highest BCUT2D eigenvalue weighted by molar-refractivity contribution is 9.10. The predicted octanol–water partition coefficient (Wildman–Crippen LogP) is 1.94. The summed E-state index contributed by atoms with van der Waals surface area (Å²) in [5.41, 5.74) is 0. The molecule has 8 heteroatoms. The average molecular weight is 350 g/mol. The molecule has 0 atom stereocenters. The fourth-order valence-corrected chi connectivity index (χ4v) is 3.01. The highest BCUT2D eigenvalue weighted by Crippen LogP contribution is 2.24. The third-order valence-electron chi connectivity index (χ3n) is 2.94. The largest absolute Gasteiger partial charge is 0.351 e. The Balaban J connectivity index is 1.82. The van der Waals surface area contributed by atoms with Gasteiger partial charge in [0.1, 0.15) is 0 Å². The molecule has 1 aliphatic rings. The molecule has 1 heterocycles. The molecule has 1 aromatic rings. The summed E-state index contributed by atoms with van der Waals surface area (Å²) in [5.74, 6) is 0.593. The molecule has 0 unspecified atom stereocenters. The van der Waals surface area contributed by atoms with Crippen molar-refractivity contribution < 1.29 is 12.6 Å². The Morgan fingerprint density at radius 3 is 2.37 bits per heavy atom. The van der Waals surface area contributed by atoms with Crippen molar-refractivity contribution in [3.8, 4) is 0 Å². The van der Waals surface area contributed by atoms with Gasteiger partial charge in [0.05, 0.1) is 16.8 Å². The highest BCUT2D eigenvalue weighted by atomic mass is 79.9. The molecule has 0 spiro atoms. The van der Waals surface area contributed by atoms with Crippen molar-refractivity contribution >= 4 is 32.0 Å². The van der Waals surface area contributed by atoms with Gasteiger partial charge in [-0.15, -0.1) is 0 Å². The Kier molecular flexibility index (Phi) is 4.75. The first kappa shape index (κ1) is 14.7. The van der Waals surface area contributed by atoms with Crippen molar-refractivity contribution in [1.29, 1.82) is 0 Å². The lowest BCUT2D eigenvalue weighted by atomic mass is 9.93. The van der Waals surface area contributed by atoms with Gasteiger partial charge in [0.15, 0.2) is 0 Å². The molecule has 1 saturated carbocycles. The number of nitrogens with zero attached hydrogens (tertiary/aromatic N) is 2. The van der Waals surface area contributed by atoms with Gasteiger partial charge in [0.25, 0.3) is 10.1 Å². The fraction of sp³-hybridized carbons (Fsp3) is 0.636. The molecule has 0 aromatic carbocycles. The van der Waals surface area contributed by atoms with Crippen molar-refractivity contribution in [3.05, 3.63) is 16.9 Å². The first-order valence-electron chi connectivity index (χ1n) is 6.05. The second-order valence-electron chi connectivity index (χ2n) is 4.64. The van der Waals surface area contributed by atoms with Gasteiger partial charge < -0.3 is 5.32 Å². The van der Waals surface area contributed by atoms with E-state index in [0.29, 0.717) is 5.95 Å². The van der Waals surface area contributed by atoms with Gasteiger partial charge in [0.2, 0.25) is 5.95 Å². The number of hydrogen-bond acceptors (Lipinski definition) is 6. The van der Waals surface area contributed by atoms with E-state index in [1.54, 1.807) is 12.4 Å². The lowest BCUT2D eigenvalue weighted by Gasteiger charge is -2.28. The SMILES string of the molecule is CS(=O)(=O)OC1CCC(Nc2ncc(Br)cn2)CC1. The molecule has 6 nitrogen and oxygen atoms in total. The Bertz CT molecular complexity index is 512. The molecule has 1 N–H and O–H groups in total.